The first kappa shape index (κ1) is 52.6. The molecule has 0 radical (unpaired) electrons. The van der Waals surface area contributed by atoms with Gasteiger partial charge in [0.15, 0.2) is 6.30 Å². The fraction of sp³-hybridized carbons (Fsp3) is 0.725. The van der Waals surface area contributed by atoms with Crippen molar-refractivity contribution in [3.63, 3.8) is 0 Å². The molecule has 14 unspecified atom stereocenters. The fourth-order valence-electron chi connectivity index (χ4n) is 10.4. The second-order valence-corrected chi connectivity index (χ2v) is 19.4. The predicted octanol–water partition coefficient (Wildman–Crippen LogP) is 7.35. The van der Waals surface area contributed by atoms with Crippen molar-refractivity contribution in [2.24, 2.45) is 35.3 Å². The van der Waals surface area contributed by atoms with Gasteiger partial charge in [0.1, 0.15) is 24.0 Å². The maximum atomic E-state index is 16.1. The molecule has 1 aromatic carbocycles. The number of allylic oxidation sites excluding steroid dienone is 3. The third-order valence-electron chi connectivity index (χ3n) is 14.2. The molecule has 3 aliphatic heterocycles. The molecule has 364 valence electrons. The number of Topliss-reactive ketones (excluding diaryl/α,β-unsaturated/α-hetero) is 2. The van der Waals surface area contributed by atoms with E-state index in [0.29, 0.717) is 56.8 Å². The topological polar surface area (TPSA) is 173 Å². The molecule has 65 heavy (non-hydrogen) atoms. The number of halogens is 1. The summed E-state index contributed by atoms with van der Waals surface area (Å²) in [5, 5.41) is 12.1. The number of ether oxygens (including phenoxy) is 6. The highest BCUT2D eigenvalue weighted by atomic mass is 19.1. The first-order chi connectivity index (χ1) is 31.0. The molecule has 1 aliphatic carbocycles. The van der Waals surface area contributed by atoms with Gasteiger partial charge in [-0.3, -0.25) is 19.3 Å². The number of esters is 1. The Kier molecular flexibility index (Phi) is 19.9. The van der Waals surface area contributed by atoms with Gasteiger partial charge in [0.2, 0.25) is 5.79 Å². The number of hydrogen-bond donors (Lipinski definition) is 2. The zero-order valence-electron chi connectivity index (χ0n) is 40.1. The second-order valence-electron chi connectivity index (χ2n) is 19.4. The average molecular weight is 913 g/mol. The summed E-state index contributed by atoms with van der Waals surface area (Å²) in [5.74, 6) is -7.66. The van der Waals surface area contributed by atoms with Crippen molar-refractivity contribution in [2.75, 3.05) is 27.4 Å². The van der Waals surface area contributed by atoms with Crippen molar-refractivity contribution in [1.82, 2.24) is 4.90 Å². The maximum Gasteiger partial charge on any atom is 0.329 e. The Morgan fingerprint density at radius 3 is 2.35 bits per heavy atom. The number of nitrogens with two attached hydrogens (primary N) is 1. The van der Waals surface area contributed by atoms with Crippen LogP contribution in [0.15, 0.2) is 53.6 Å². The molecular weight excluding hydrogens is 836 g/mol. The summed E-state index contributed by atoms with van der Waals surface area (Å²) in [6.45, 7) is 12.7. The van der Waals surface area contributed by atoms with Crippen molar-refractivity contribution in [3.05, 3.63) is 59.2 Å². The van der Waals surface area contributed by atoms with Gasteiger partial charge in [0.25, 0.3) is 11.7 Å². The van der Waals surface area contributed by atoms with E-state index in [9.17, 15) is 24.3 Å². The summed E-state index contributed by atoms with van der Waals surface area (Å²) in [4.78, 5) is 57.6. The van der Waals surface area contributed by atoms with Crippen LogP contribution in [0, 0.1) is 29.6 Å². The number of nitrogens with zero attached hydrogens (tertiary/aromatic N) is 1. The molecule has 14 heteroatoms. The van der Waals surface area contributed by atoms with Crippen LogP contribution in [0.1, 0.15) is 124 Å². The smallest absolute Gasteiger partial charge is 0.329 e. The molecule has 0 aromatic heterocycles. The van der Waals surface area contributed by atoms with Crippen LogP contribution >= 0.6 is 0 Å². The third-order valence-corrected chi connectivity index (χ3v) is 14.2. The molecule has 5 rings (SSSR count). The van der Waals surface area contributed by atoms with E-state index in [2.05, 4.69) is 13.0 Å². The van der Waals surface area contributed by atoms with Gasteiger partial charge in [0.05, 0.1) is 38.1 Å². The minimum atomic E-state index is -2.65. The van der Waals surface area contributed by atoms with Gasteiger partial charge in [-0.15, -0.1) is 0 Å². The molecular formula is C51H77FN2O11. The summed E-state index contributed by atoms with van der Waals surface area (Å²) < 4.78 is 52.5. The van der Waals surface area contributed by atoms with Gasteiger partial charge in [-0.25, -0.2) is 9.18 Å². The van der Waals surface area contributed by atoms with Crippen LogP contribution in [-0.2, 0) is 54.2 Å². The highest BCUT2D eigenvalue weighted by Gasteiger charge is 2.57. The highest BCUT2D eigenvalue weighted by Crippen LogP contribution is 2.40. The van der Waals surface area contributed by atoms with Gasteiger partial charge in [0, 0.05) is 38.5 Å². The largest absolute Gasteiger partial charge is 0.456 e. The monoisotopic (exact) mass is 913 g/mol. The molecule has 1 aromatic rings. The van der Waals surface area contributed by atoms with Crippen LogP contribution in [0.2, 0.25) is 0 Å². The molecule has 1 saturated carbocycles. The number of carbonyl (C=O) groups excluding carboxylic acids is 4. The summed E-state index contributed by atoms with van der Waals surface area (Å²) in [6.07, 6.45) is 3.76. The van der Waals surface area contributed by atoms with Crippen LogP contribution < -0.4 is 5.73 Å². The predicted molar refractivity (Wildman–Crippen MR) is 244 cm³/mol. The number of piperidine rings is 1. The SMILES string of the molecule is CCC1C=C(C)CC(C)CC(OC)C2OC(O)(C(=O)C(=O)N3C(F)CCCC3C(=O)OC(C(C)=CC3CCC(N)C(OCCOCc4ccccc4)C3)C(C)CCC1=O)C(C)CC2OC. The Hall–Kier alpha value is -3.37. The molecule has 3 heterocycles. The van der Waals surface area contributed by atoms with Crippen LogP contribution in [0.3, 0.4) is 0 Å². The number of aliphatic hydroxyl groups is 1. The number of methoxy groups -OCH3 is 2. The van der Waals surface area contributed by atoms with Gasteiger partial charge < -0.3 is 39.3 Å². The number of alkyl halides is 1. The quantitative estimate of drug-likeness (QED) is 0.0745. The Balaban J connectivity index is 1.43. The zero-order valence-corrected chi connectivity index (χ0v) is 40.1. The molecule has 3 N–H and O–H groups in total. The van der Waals surface area contributed by atoms with Crippen LogP contribution in [-0.4, -0.2) is 116 Å². The van der Waals surface area contributed by atoms with Crippen molar-refractivity contribution in [2.45, 2.75) is 180 Å². The lowest BCUT2D eigenvalue weighted by Crippen LogP contribution is -2.65. The van der Waals surface area contributed by atoms with Gasteiger partial charge in [-0.1, -0.05) is 75.8 Å². The van der Waals surface area contributed by atoms with Gasteiger partial charge in [-0.05, 0) is 113 Å². The van der Waals surface area contributed by atoms with Crippen LogP contribution in [0.4, 0.5) is 4.39 Å². The molecule has 4 aliphatic rings. The molecule has 13 nitrogen and oxygen atoms in total. The average Bonchev–Trinajstić information content (AvgIpc) is 3.29. The second kappa shape index (κ2) is 24.6. The minimum Gasteiger partial charge on any atom is -0.456 e. The van der Waals surface area contributed by atoms with E-state index >= 15 is 4.39 Å². The number of amides is 1. The standard InChI is InChI=1S/C51H77FN2O11/c1-9-38-25-31(2)24-32(3)26-43(60-7)47-44(61-8)28-35(6)51(59,65-47)48(56)49(57)54-40(16-13-17-45(54)52)50(58)64-46(33(4)18-21-41(38)55)34(5)27-37-19-20-39(53)42(29-37)63-23-22-62-30-36-14-11-10-12-15-36/h10-12,14-15,25,27,32-33,35,37-40,42-47,59H,9,13,16-24,26,28-30,53H2,1-8H3. The normalized spacial score (nSPS) is 36.6. The van der Waals surface area contributed by atoms with E-state index in [1.807, 2.05) is 64.1 Å². The third kappa shape index (κ3) is 13.6. The number of fused-ring (bicyclic) bond motifs is 3. The van der Waals surface area contributed by atoms with Crippen molar-refractivity contribution in [3.8, 4) is 0 Å². The summed E-state index contributed by atoms with van der Waals surface area (Å²) in [5.41, 5.74) is 9.43. The number of hydrogen-bond acceptors (Lipinski definition) is 12. The van der Waals surface area contributed by atoms with Crippen LogP contribution in [0.5, 0.6) is 0 Å². The van der Waals surface area contributed by atoms with Gasteiger partial charge >= 0.3 is 5.97 Å². The first-order valence-electron chi connectivity index (χ1n) is 24.1. The summed E-state index contributed by atoms with van der Waals surface area (Å²) in [6, 6.07) is 8.33. The van der Waals surface area contributed by atoms with Gasteiger partial charge in [-0.2, -0.15) is 0 Å². The van der Waals surface area contributed by atoms with Crippen LogP contribution in [0.25, 0.3) is 0 Å². The van der Waals surface area contributed by atoms with E-state index in [1.165, 1.54) is 14.2 Å². The number of benzene rings is 1. The van der Waals surface area contributed by atoms with E-state index in [-0.39, 0.29) is 73.7 Å². The van der Waals surface area contributed by atoms with E-state index in [1.54, 1.807) is 6.92 Å². The molecule has 1 amide bonds. The Labute approximate surface area is 386 Å². The number of rotatable bonds is 11. The van der Waals surface area contributed by atoms with Crippen molar-refractivity contribution in [1.29, 1.82) is 0 Å². The van der Waals surface area contributed by atoms with E-state index in [0.717, 1.165) is 29.6 Å². The zero-order chi connectivity index (χ0) is 47.4. The molecule has 2 bridgehead atoms. The van der Waals surface area contributed by atoms with E-state index in [4.69, 9.17) is 34.2 Å². The number of cyclic esters (lactones) is 1. The lowest BCUT2D eigenvalue weighted by atomic mass is 9.81. The Morgan fingerprint density at radius 2 is 1.66 bits per heavy atom. The maximum absolute atomic E-state index is 16.1. The fourth-order valence-corrected chi connectivity index (χ4v) is 10.4. The minimum absolute atomic E-state index is 0.0320. The van der Waals surface area contributed by atoms with Crippen molar-refractivity contribution < 1.29 is 57.1 Å². The van der Waals surface area contributed by atoms with E-state index < -0.39 is 66.1 Å². The number of ketones is 2. The molecule has 14 atom stereocenters. The molecule has 3 fully saturated rings. The lowest BCUT2D eigenvalue weighted by Gasteiger charge is -2.47. The lowest BCUT2D eigenvalue weighted by molar-refractivity contribution is -0.302. The highest BCUT2D eigenvalue weighted by molar-refractivity contribution is 6.39. The first-order valence-corrected chi connectivity index (χ1v) is 24.1. The Bertz CT molecular complexity index is 1790. The summed E-state index contributed by atoms with van der Waals surface area (Å²) in [7, 11) is 3.02. The molecule has 2 saturated heterocycles. The number of carbonyl (C=O) groups is 4. The molecule has 0 spiro atoms. The van der Waals surface area contributed by atoms with Crippen molar-refractivity contribution >= 4 is 23.4 Å². The summed E-state index contributed by atoms with van der Waals surface area (Å²) >= 11 is 0. The Morgan fingerprint density at radius 1 is 0.954 bits per heavy atom.